The number of hydrogen-bond acceptors (Lipinski definition) is 4. The van der Waals surface area contributed by atoms with Crippen molar-refractivity contribution in [3.05, 3.63) is 47.8 Å². The number of nitrogens with zero attached hydrogens (tertiary/aromatic N) is 4. The molecule has 21 heavy (non-hydrogen) atoms. The Hall–Kier alpha value is -2.83. The first kappa shape index (κ1) is 13.2. The summed E-state index contributed by atoms with van der Waals surface area (Å²) in [7, 11) is 1.81. The van der Waals surface area contributed by atoms with Crippen LogP contribution in [-0.2, 0) is 7.05 Å². The third-order valence-electron chi connectivity index (χ3n) is 3.11. The predicted molar refractivity (Wildman–Crippen MR) is 75.4 cm³/mol. The SMILES string of the molecule is Cc1nn(C)c2ncc(NC(=O)c3ccc(F)nc3)cc12. The average molecular weight is 285 g/mol. The topological polar surface area (TPSA) is 72.7 Å². The highest BCUT2D eigenvalue weighted by molar-refractivity contribution is 6.04. The van der Waals surface area contributed by atoms with Gasteiger partial charge in [0.2, 0.25) is 5.95 Å². The van der Waals surface area contributed by atoms with Crippen LogP contribution in [0.5, 0.6) is 0 Å². The first-order valence-electron chi connectivity index (χ1n) is 6.27. The summed E-state index contributed by atoms with van der Waals surface area (Å²) < 4.78 is 14.4. The lowest BCUT2D eigenvalue weighted by Gasteiger charge is -2.05. The summed E-state index contributed by atoms with van der Waals surface area (Å²) in [5.74, 6) is -0.995. The number of hydrogen-bond donors (Lipinski definition) is 1. The van der Waals surface area contributed by atoms with Crippen molar-refractivity contribution in [2.24, 2.45) is 7.05 Å². The minimum atomic E-state index is -0.624. The van der Waals surface area contributed by atoms with E-state index in [0.717, 1.165) is 22.8 Å². The van der Waals surface area contributed by atoms with Crippen molar-refractivity contribution in [2.75, 3.05) is 5.32 Å². The van der Waals surface area contributed by atoms with E-state index < -0.39 is 5.95 Å². The van der Waals surface area contributed by atoms with Crippen molar-refractivity contribution in [1.82, 2.24) is 19.7 Å². The van der Waals surface area contributed by atoms with Crippen molar-refractivity contribution in [2.45, 2.75) is 6.92 Å². The molecule has 1 N–H and O–H groups in total. The number of halogens is 1. The van der Waals surface area contributed by atoms with Crippen LogP contribution < -0.4 is 5.32 Å². The van der Waals surface area contributed by atoms with Crippen LogP contribution in [0, 0.1) is 12.9 Å². The second kappa shape index (κ2) is 4.93. The van der Waals surface area contributed by atoms with Crippen LogP contribution in [0.25, 0.3) is 11.0 Å². The van der Waals surface area contributed by atoms with Crippen molar-refractivity contribution >= 4 is 22.6 Å². The molecule has 0 atom stereocenters. The van der Waals surface area contributed by atoms with Gasteiger partial charge in [-0.05, 0) is 25.1 Å². The summed E-state index contributed by atoms with van der Waals surface area (Å²) in [6, 6.07) is 4.32. The number of nitrogens with one attached hydrogen (secondary N) is 1. The van der Waals surface area contributed by atoms with Gasteiger partial charge in [-0.1, -0.05) is 0 Å². The highest BCUT2D eigenvalue weighted by atomic mass is 19.1. The number of carbonyl (C=O) groups excluding carboxylic acids is 1. The predicted octanol–water partition coefficient (Wildman–Crippen LogP) is 2.06. The summed E-state index contributed by atoms with van der Waals surface area (Å²) in [5.41, 5.74) is 2.40. The molecule has 106 valence electrons. The van der Waals surface area contributed by atoms with Gasteiger partial charge in [0.1, 0.15) is 0 Å². The summed E-state index contributed by atoms with van der Waals surface area (Å²) in [6.07, 6.45) is 2.74. The van der Waals surface area contributed by atoms with E-state index in [2.05, 4.69) is 20.4 Å². The van der Waals surface area contributed by atoms with Gasteiger partial charge in [-0.25, -0.2) is 9.97 Å². The number of aryl methyl sites for hydroxylation is 2. The van der Waals surface area contributed by atoms with Gasteiger partial charge in [-0.3, -0.25) is 9.48 Å². The quantitative estimate of drug-likeness (QED) is 0.731. The first-order chi connectivity index (χ1) is 10.0. The molecule has 0 saturated carbocycles. The minimum Gasteiger partial charge on any atom is -0.321 e. The van der Waals surface area contributed by atoms with Gasteiger partial charge in [-0.15, -0.1) is 0 Å². The zero-order valence-electron chi connectivity index (χ0n) is 11.5. The van der Waals surface area contributed by atoms with E-state index in [9.17, 15) is 9.18 Å². The molecule has 0 aliphatic rings. The van der Waals surface area contributed by atoms with Crippen LogP contribution in [-0.4, -0.2) is 25.7 Å². The van der Waals surface area contributed by atoms with E-state index in [1.807, 2.05) is 14.0 Å². The number of rotatable bonds is 2. The number of anilines is 1. The van der Waals surface area contributed by atoms with Crippen LogP contribution in [0.15, 0.2) is 30.6 Å². The van der Waals surface area contributed by atoms with Crippen LogP contribution in [0.2, 0.25) is 0 Å². The largest absolute Gasteiger partial charge is 0.321 e. The number of pyridine rings is 2. The Morgan fingerprint density at radius 3 is 2.81 bits per heavy atom. The fourth-order valence-corrected chi connectivity index (χ4v) is 2.09. The summed E-state index contributed by atoms with van der Waals surface area (Å²) in [6.45, 7) is 1.87. The van der Waals surface area contributed by atoms with Crippen LogP contribution in [0.1, 0.15) is 16.1 Å². The first-order valence-corrected chi connectivity index (χ1v) is 6.27. The Labute approximate surface area is 119 Å². The number of amides is 1. The highest BCUT2D eigenvalue weighted by Gasteiger charge is 2.10. The lowest BCUT2D eigenvalue weighted by atomic mass is 10.2. The average Bonchev–Trinajstić information content (AvgIpc) is 2.74. The molecule has 3 aromatic heterocycles. The van der Waals surface area contributed by atoms with Crippen LogP contribution >= 0.6 is 0 Å². The molecule has 3 heterocycles. The zero-order chi connectivity index (χ0) is 15.0. The lowest BCUT2D eigenvalue weighted by molar-refractivity contribution is 0.102. The smallest absolute Gasteiger partial charge is 0.257 e. The summed E-state index contributed by atoms with van der Waals surface area (Å²) >= 11 is 0. The molecule has 0 aliphatic carbocycles. The van der Waals surface area contributed by atoms with Crippen molar-refractivity contribution in [3.8, 4) is 0 Å². The maximum Gasteiger partial charge on any atom is 0.257 e. The maximum absolute atomic E-state index is 12.7. The molecule has 6 nitrogen and oxygen atoms in total. The highest BCUT2D eigenvalue weighted by Crippen LogP contribution is 2.19. The third kappa shape index (κ3) is 2.45. The monoisotopic (exact) mass is 285 g/mol. The van der Waals surface area contributed by atoms with Gasteiger partial charge in [0, 0.05) is 18.6 Å². The molecule has 1 amide bonds. The van der Waals surface area contributed by atoms with E-state index in [-0.39, 0.29) is 11.5 Å². The van der Waals surface area contributed by atoms with Crippen molar-refractivity contribution in [1.29, 1.82) is 0 Å². The fourth-order valence-electron chi connectivity index (χ4n) is 2.09. The fraction of sp³-hybridized carbons (Fsp3) is 0.143. The second-order valence-electron chi connectivity index (χ2n) is 4.63. The molecule has 0 bridgehead atoms. The summed E-state index contributed by atoms with van der Waals surface area (Å²) in [5, 5.41) is 7.84. The lowest BCUT2D eigenvalue weighted by Crippen LogP contribution is -2.12. The van der Waals surface area contributed by atoms with Crippen molar-refractivity contribution in [3.63, 3.8) is 0 Å². The van der Waals surface area contributed by atoms with E-state index in [0.29, 0.717) is 5.69 Å². The molecule has 0 aromatic carbocycles. The number of aromatic nitrogens is 4. The standard InChI is InChI=1S/C14H12FN5O/c1-8-11-5-10(7-17-13(11)20(2)19-8)18-14(21)9-3-4-12(15)16-6-9/h3-7H,1-2H3,(H,18,21). The van der Waals surface area contributed by atoms with Crippen molar-refractivity contribution < 1.29 is 9.18 Å². The number of fused-ring (bicyclic) bond motifs is 1. The molecule has 0 spiro atoms. The normalized spacial score (nSPS) is 10.8. The molecular formula is C14H12FN5O. The molecule has 0 unspecified atom stereocenters. The molecular weight excluding hydrogens is 273 g/mol. The maximum atomic E-state index is 12.7. The Kier molecular flexibility index (Phi) is 3.09. The molecule has 3 rings (SSSR count). The molecule has 7 heteroatoms. The molecule has 0 aliphatic heterocycles. The van der Waals surface area contributed by atoms with Gasteiger partial charge in [0.05, 0.1) is 23.1 Å². The van der Waals surface area contributed by atoms with Gasteiger partial charge in [0.25, 0.3) is 5.91 Å². The Morgan fingerprint density at radius 2 is 2.10 bits per heavy atom. The third-order valence-corrected chi connectivity index (χ3v) is 3.11. The van der Waals surface area contributed by atoms with Gasteiger partial charge >= 0.3 is 0 Å². The van der Waals surface area contributed by atoms with E-state index in [1.165, 1.54) is 12.3 Å². The molecule has 0 fully saturated rings. The van der Waals surface area contributed by atoms with E-state index >= 15 is 0 Å². The van der Waals surface area contributed by atoms with Crippen LogP contribution in [0.3, 0.4) is 0 Å². The van der Waals surface area contributed by atoms with Gasteiger partial charge < -0.3 is 5.32 Å². The van der Waals surface area contributed by atoms with Crippen LogP contribution in [0.4, 0.5) is 10.1 Å². The minimum absolute atomic E-state index is 0.277. The Bertz CT molecular complexity index is 825. The van der Waals surface area contributed by atoms with E-state index in [1.54, 1.807) is 16.9 Å². The Morgan fingerprint density at radius 1 is 1.29 bits per heavy atom. The zero-order valence-corrected chi connectivity index (χ0v) is 11.5. The molecule has 3 aromatic rings. The van der Waals surface area contributed by atoms with E-state index in [4.69, 9.17) is 0 Å². The van der Waals surface area contributed by atoms with Gasteiger partial charge in [-0.2, -0.15) is 9.49 Å². The Balaban J connectivity index is 1.89. The second-order valence-corrected chi connectivity index (χ2v) is 4.63. The van der Waals surface area contributed by atoms with Gasteiger partial charge in [0.15, 0.2) is 5.65 Å². The number of carbonyl (C=O) groups is 1. The molecule has 0 saturated heterocycles. The summed E-state index contributed by atoms with van der Waals surface area (Å²) in [4.78, 5) is 19.8. The molecule has 0 radical (unpaired) electrons.